The molecule has 6 nitrogen and oxygen atoms in total. The van der Waals surface area contributed by atoms with Crippen molar-refractivity contribution in [2.45, 2.75) is 51.1 Å². The summed E-state index contributed by atoms with van der Waals surface area (Å²) in [4.78, 5) is 28.7. The maximum atomic E-state index is 12.6. The second-order valence-corrected chi connectivity index (χ2v) is 9.21. The molecule has 6 heteroatoms. The van der Waals surface area contributed by atoms with Gasteiger partial charge in [0.25, 0.3) is 5.91 Å². The Morgan fingerprint density at radius 3 is 2.42 bits per heavy atom. The zero-order valence-electron chi connectivity index (χ0n) is 19.6. The molecule has 33 heavy (non-hydrogen) atoms. The average molecular weight is 449 g/mol. The summed E-state index contributed by atoms with van der Waals surface area (Å²) < 4.78 is 0. The quantitative estimate of drug-likeness (QED) is 0.574. The molecule has 0 unspecified atom stereocenters. The maximum absolute atomic E-state index is 12.6. The van der Waals surface area contributed by atoms with Crippen LogP contribution in [0.3, 0.4) is 0 Å². The van der Waals surface area contributed by atoms with E-state index in [9.17, 15) is 9.59 Å². The fourth-order valence-electron chi connectivity index (χ4n) is 4.79. The number of anilines is 1. The molecule has 1 atom stereocenters. The first-order valence-electron chi connectivity index (χ1n) is 12.3. The van der Waals surface area contributed by atoms with Crippen molar-refractivity contribution in [1.82, 2.24) is 15.5 Å². The van der Waals surface area contributed by atoms with Gasteiger partial charge in [-0.3, -0.25) is 9.59 Å². The summed E-state index contributed by atoms with van der Waals surface area (Å²) in [7, 11) is 0. The van der Waals surface area contributed by atoms with Gasteiger partial charge in [0, 0.05) is 49.9 Å². The van der Waals surface area contributed by atoms with E-state index in [1.165, 1.54) is 5.69 Å². The number of nitrogens with one attached hydrogen (secondary N) is 2. The van der Waals surface area contributed by atoms with Gasteiger partial charge >= 0.3 is 0 Å². The number of hydrogen-bond donors (Lipinski definition) is 2. The van der Waals surface area contributed by atoms with Gasteiger partial charge in [-0.2, -0.15) is 0 Å². The van der Waals surface area contributed by atoms with E-state index < -0.39 is 0 Å². The lowest BCUT2D eigenvalue weighted by atomic mass is 10.0. The highest BCUT2D eigenvalue weighted by Gasteiger charge is 2.21. The number of rotatable bonds is 9. The Labute approximate surface area is 197 Å². The van der Waals surface area contributed by atoms with E-state index in [1.54, 1.807) is 0 Å². The van der Waals surface area contributed by atoms with Crippen LogP contribution >= 0.6 is 0 Å². The van der Waals surface area contributed by atoms with E-state index in [-0.39, 0.29) is 11.9 Å². The third kappa shape index (κ3) is 6.35. The lowest BCUT2D eigenvalue weighted by molar-refractivity contribution is -0.127. The van der Waals surface area contributed by atoms with Crippen LogP contribution in [0.2, 0.25) is 0 Å². The lowest BCUT2D eigenvalue weighted by Crippen LogP contribution is -2.43. The molecule has 2 heterocycles. The molecule has 2 saturated heterocycles. The Morgan fingerprint density at radius 1 is 1.03 bits per heavy atom. The predicted molar refractivity (Wildman–Crippen MR) is 132 cm³/mol. The molecular formula is C27H36N4O2. The number of hydrogen-bond acceptors (Lipinski definition) is 4. The van der Waals surface area contributed by atoms with Gasteiger partial charge in [0.15, 0.2) is 0 Å². The highest BCUT2D eigenvalue weighted by atomic mass is 16.2. The highest BCUT2D eigenvalue weighted by Crippen LogP contribution is 2.21. The molecule has 4 rings (SSSR count). The summed E-state index contributed by atoms with van der Waals surface area (Å²) in [5, 5.41) is 6.75. The molecule has 2 aromatic rings. The standard InChI is InChI=1S/C27H36N4O2/c1-21(22-7-3-2-4-8-22)29-27(33)23-10-12-25(13-11-23)30-19-14-24(15-20-30)28-16-6-18-31-17-5-9-26(31)32/h2-4,7-8,10-13,21,24,28H,5-6,9,14-20H2,1H3,(H,29,33)/t21-/m0/s1. The Bertz CT molecular complexity index is 907. The Balaban J connectivity index is 1.18. The fourth-order valence-corrected chi connectivity index (χ4v) is 4.79. The molecule has 0 aliphatic carbocycles. The van der Waals surface area contributed by atoms with E-state index in [0.717, 1.165) is 70.4 Å². The summed E-state index contributed by atoms with van der Waals surface area (Å²) in [6.07, 6.45) is 4.99. The van der Waals surface area contributed by atoms with Crippen molar-refractivity contribution in [2.24, 2.45) is 0 Å². The zero-order valence-corrected chi connectivity index (χ0v) is 19.6. The normalized spacial score (nSPS) is 17.9. The van der Waals surface area contributed by atoms with E-state index in [0.29, 0.717) is 17.5 Å². The molecule has 2 aliphatic heterocycles. The Morgan fingerprint density at radius 2 is 1.76 bits per heavy atom. The van der Waals surface area contributed by atoms with Gasteiger partial charge in [-0.1, -0.05) is 30.3 Å². The Kier molecular flexibility index (Phi) is 8.00. The second-order valence-electron chi connectivity index (χ2n) is 9.21. The first-order valence-corrected chi connectivity index (χ1v) is 12.3. The van der Waals surface area contributed by atoms with Gasteiger partial charge in [-0.25, -0.2) is 0 Å². The summed E-state index contributed by atoms with van der Waals surface area (Å²) in [5.74, 6) is 0.272. The van der Waals surface area contributed by atoms with Gasteiger partial charge in [-0.15, -0.1) is 0 Å². The smallest absolute Gasteiger partial charge is 0.251 e. The van der Waals surface area contributed by atoms with Crippen molar-refractivity contribution in [1.29, 1.82) is 0 Å². The van der Waals surface area contributed by atoms with Gasteiger partial charge in [-0.05, 0) is 69.0 Å². The van der Waals surface area contributed by atoms with Crippen LogP contribution < -0.4 is 15.5 Å². The van der Waals surface area contributed by atoms with Crippen LogP contribution in [0, 0.1) is 0 Å². The number of amides is 2. The van der Waals surface area contributed by atoms with Crippen LogP contribution in [-0.4, -0.2) is 55.5 Å². The van der Waals surface area contributed by atoms with E-state index in [4.69, 9.17) is 0 Å². The average Bonchev–Trinajstić information content (AvgIpc) is 3.27. The molecule has 0 saturated carbocycles. The monoisotopic (exact) mass is 448 g/mol. The number of likely N-dealkylation sites (tertiary alicyclic amines) is 1. The third-order valence-corrected chi connectivity index (χ3v) is 6.85. The van der Waals surface area contributed by atoms with Gasteiger partial charge in [0.05, 0.1) is 6.04 Å². The fraction of sp³-hybridized carbons (Fsp3) is 0.481. The van der Waals surface area contributed by atoms with Crippen molar-refractivity contribution < 1.29 is 9.59 Å². The first-order chi connectivity index (χ1) is 16.1. The number of piperidine rings is 1. The topological polar surface area (TPSA) is 64.7 Å². The molecule has 2 amide bonds. The number of nitrogens with zero attached hydrogens (tertiary/aromatic N) is 2. The molecular weight excluding hydrogens is 412 g/mol. The lowest BCUT2D eigenvalue weighted by Gasteiger charge is -2.34. The molecule has 0 bridgehead atoms. The maximum Gasteiger partial charge on any atom is 0.251 e. The van der Waals surface area contributed by atoms with E-state index in [1.807, 2.05) is 54.3 Å². The van der Waals surface area contributed by atoms with Gasteiger partial charge in [0.2, 0.25) is 5.91 Å². The largest absolute Gasteiger partial charge is 0.371 e. The van der Waals surface area contributed by atoms with Crippen LogP contribution in [0.25, 0.3) is 0 Å². The summed E-state index contributed by atoms with van der Waals surface area (Å²) >= 11 is 0. The van der Waals surface area contributed by atoms with Crippen LogP contribution in [0.4, 0.5) is 5.69 Å². The molecule has 0 radical (unpaired) electrons. The first kappa shape index (κ1) is 23.3. The molecule has 176 valence electrons. The van der Waals surface area contributed by atoms with Crippen molar-refractivity contribution in [2.75, 3.05) is 37.6 Å². The second kappa shape index (κ2) is 11.3. The molecule has 2 fully saturated rings. The van der Waals surface area contributed by atoms with Crippen LogP contribution in [0.15, 0.2) is 54.6 Å². The number of carbonyl (C=O) groups excluding carboxylic acids is 2. The van der Waals surface area contributed by atoms with Crippen molar-refractivity contribution in [3.8, 4) is 0 Å². The minimum Gasteiger partial charge on any atom is -0.371 e. The SMILES string of the molecule is C[C@H](NC(=O)c1ccc(N2CCC(NCCCN3CCCC3=O)CC2)cc1)c1ccccc1. The van der Waals surface area contributed by atoms with Crippen LogP contribution in [-0.2, 0) is 4.79 Å². The van der Waals surface area contributed by atoms with E-state index in [2.05, 4.69) is 27.7 Å². The van der Waals surface area contributed by atoms with Gasteiger partial charge in [0.1, 0.15) is 0 Å². The number of carbonyl (C=O) groups is 2. The van der Waals surface area contributed by atoms with E-state index >= 15 is 0 Å². The van der Waals surface area contributed by atoms with Crippen molar-refractivity contribution in [3.05, 3.63) is 65.7 Å². The van der Waals surface area contributed by atoms with Crippen molar-refractivity contribution >= 4 is 17.5 Å². The molecule has 2 aliphatic rings. The zero-order chi connectivity index (χ0) is 23.0. The minimum atomic E-state index is -0.0450. The minimum absolute atomic E-state index is 0.0271. The Hall–Kier alpha value is -2.86. The molecule has 2 N–H and O–H groups in total. The molecule has 2 aromatic carbocycles. The van der Waals surface area contributed by atoms with Crippen molar-refractivity contribution in [3.63, 3.8) is 0 Å². The summed E-state index contributed by atoms with van der Waals surface area (Å²) in [5.41, 5.74) is 2.96. The third-order valence-electron chi connectivity index (χ3n) is 6.85. The highest BCUT2D eigenvalue weighted by molar-refractivity contribution is 5.94. The van der Waals surface area contributed by atoms with Gasteiger partial charge < -0.3 is 20.4 Å². The molecule has 0 spiro atoms. The molecule has 0 aromatic heterocycles. The number of benzene rings is 2. The predicted octanol–water partition coefficient (Wildman–Crippen LogP) is 3.75. The van der Waals surface area contributed by atoms with Crippen LogP contribution in [0.1, 0.15) is 61.0 Å². The summed E-state index contributed by atoms with van der Waals surface area (Å²) in [6, 6.07) is 18.5. The van der Waals surface area contributed by atoms with Crippen LogP contribution in [0.5, 0.6) is 0 Å². The summed E-state index contributed by atoms with van der Waals surface area (Å²) in [6.45, 7) is 6.82.